The van der Waals surface area contributed by atoms with E-state index in [0.29, 0.717) is 18.0 Å². The maximum Gasteiger partial charge on any atom is 0.243 e. The standard InChI is InChI=1S/C26H29N3O3/c1-19(2)26(31)29-23-10-6-9-22(17-23)28-25(30)18-27-21-11-13-24(14-12-21)32-16-15-20-7-4-3-5-8-20/h3-14,17,19,27H,15-16,18H2,1-2H3,(H,28,30)(H,29,31). The lowest BCUT2D eigenvalue weighted by atomic mass is 10.2. The smallest absolute Gasteiger partial charge is 0.243 e. The highest BCUT2D eigenvalue weighted by atomic mass is 16.5. The first-order chi connectivity index (χ1) is 15.5. The molecule has 0 bridgehead atoms. The molecule has 3 aromatic rings. The fraction of sp³-hybridized carbons (Fsp3) is 0.231. The molecular weight excluding hydrogens is 402 g/mol. The molecule has 0 atom stereocenters. The fourth-order valence-corrected chi connectivity index (χ4v) is 2.95. The molecule has 0 aliphatic rings. The van der Waals surface area contributed by atoms with Gasteiger partial charge in [0.05, 0.1) is 13.2 Å². The van der Waals surface area contributed by atoms with E-state index < -0.39 is 0 Å². The zero-order chi connectivity index (χ0) is 22.8. The molecule has 0 saturated heterocycles. The highest BCUT2D eigenvalue weighted by Crippen LogP contribution is 2.17. The number of benzene rings is 3. The lowest BCUT2D eigenvalue weighted by molar-refractivity contribution is -0.119. The fourth-order valence-electron chi connectivity index (χ4n) is 2.95. The first-order valence-corrected chi connectivity index (χ1v) is 10.7. The Morgan fingerprint density at radius 3 is 2.19 bits per heavy atom. The molecule has 3 N–H and O–H groups in total. The summed E-state index contributed by atoms with van der Waals surface area (Å²) in [6, 6.07) is 24.8. The van der Waals surface area contributed by atoms with E-state index in [4.69, 9.17) is 4.74 Å². The van der Waals surface area contributed by atoms with Crippen molar-refractivity contribution in [2.45, 2.75) is 20.3 Å². The Kier molecular flexibility index (Phi) is 8.26. The van der Waals surface area contributed by atoms with Crippen LogP contribution in [0.4, 0.5) is 17.1 Å². The van der Waals surface area contributed by atoms with Crippen molar-refractivity contribution in [3.05, 3.63) is 84.4 Å². The molecule has 0 aliphatic carbocycles. The van der Waals surface area contributed by atoms with Crippen molar-refractivity contribution in [1.29, 1.82) is 0 Å². The molecule has 32 heavy (non-hydrogen) atoms. The van der Waals surface area contributed by atoms with E-state index in [1.165, 1.54) is 5.56 Å². The van der Waals surface area contributed by atoms with Crippen LogP contribution in [-0.2, 0) is 16.0 Å². The maximum absolute atomic E-state index is 12.3. The van der Waals surface area contributed by atoms with Gasteiger partial charge < -0.3 is 20.7 Å². The summed E-state index contributed by atoms with van der Waals surface area (Å²) in [5.74, 6) is 0.428. The van der Waals surface area contributed by atoms with Crippen LogP contribution in [0.2, 0.25) is 0 Å². The minimum Gasteiger partial charge on any atom is -0.493 e. The number of hydrogen-bond donors (Lipinski definition) is 3. The van der Waals surface area contributed by atoms with E-state index in [1.807, 2.05) is 56.3 Å². The molecule has 3 rings (SSSR count). The van der Waals surface area contributed by atoms with Gasteiger partial charge in [0.2, 0.25) is 11.8 Å². The Hall–Kier alpha value is -3.80. The summed E-state index contributed by atoms with van der Waals surface area (Å²) in [6.45, 7) is 4.39. The van der Waals surface area contributed by atoms with Crippen LogP contribution < -0.4 is 20.7 Å². The third-order valence-electron chi connectivity index (χ3n) is 4.75. The van der Waals surface area contributed by atoms with Crippen molar-refractivity contribution < 1.29 is 14.3 Å². The summed E-state index contributed by atoms with van der Waals surface area (Å²) in [7, 11) is 0. The molecule has 0 saturated carbocycles. The summed E-state index contributed by atoms with van der Waals surface area (Å²) >= 11 is 0. The van der Waals surface area contributed by atoms with Crippen LogP contribution in [0.3, 0.4) is 0 Å². The van der Waals surface area contributed by atoms with E-state index in [0.717, 1.165) is 17.9 Å². The van der Waals surface area contributed by atoms with Crippen LogP contribution in [0.15, 0.2) is 78.9 Å². The van der Waals surface area contributed by atoms with E-state index in [1.54, 1.807) is 24.3 Å². The quantitative estimate of drug-likeness (QED) is 0.424. The minimum atomic E-state index is -0.180. The molecule has 0 aliphatic heterocycles. The average Bonchev–Trinajstić information content (AvgIpc) is 2.79. The Morgan fingerprint density at radius 1 is 0.812 bits per heavy atom. The second-order valence-corrected chi connectivity index (χ2v) is 7.73. The summed E-state index contributed by atoms with van der Waals surface area (Å²) in [5, 5.41) is 8.75. The zero-order valence-corrected chi connectivity index (χ0v) is 18.4. The van der Waals surface area contributed by atoms with Crippen molar-refractivity contribution >= 4 is 28.9 Å². The number of rotatable bonds is 10. The van der Waals surface area contributed by atoms with E-state index in [2.05, 4.69) is 28.1 Å². The lowest BCUT2D eigenvalue weighted by Gasteiger charge is -2.11. The number of carbonyl (C=O) groups excluding carboxylic acids is 2. The first-order valence-electron chi connectivity index (χ1n) is 10.7. The molecule has 6 nitrogen and oxygen atoms in total. The summed E-state index contributed by atoms with van der Waals surface area (Å²) < 4.78 is 5.79. The van der Waals surface area contributed by atoms with Gasteiger partial charge in [0.25, 0.3) is 0 Å². The predicted molar refractivity (Wildman–Crippen MR) is 129 cm³/mol. The average molecular weight is 432 g/mol. The van der Waals surface area contributed by atoms with Gasteiger partial charge in [-0.2, -0.15) is 0 Å². The molecule has 2 amide bonds. The number of anilines is 3. The largest absolute Gasteiger partial charge is 0.493 e. The summed E-state index contributed by atoms with van der Waals surface area (Å²) in [4.78, 5) is 24.1. The van der Waals surface area contributed by atoms with Gasteiger partial charge in [0.1, 0.15) is 5.75 Å². The molecule has 0 radical (unpaired) electrons. The van der Waals surface area contributed by atoms with Gasteiger partial charge >= 0.3 is 0 Å². The van der Waals surface area contributed by atoms with Crippen molar-refractivity contribution in [3.63, 3.8) is 0 Å². The third kappa shape index (κ3) is 7.47. The molecule has 166 valence electrons. The minimum absolute atomic E-state index is 0.0670. The van der Waals surface area contributed by atoms with Crippen LogP contribution in [0.25, 0.3) is 0 Å². The summed E-state index contributed by atoms with van der Waals surface area (Å²) in [5.41, 5.74) is 3.34. The molecular formula is C26H29N3O3. The number of hydrogen-bond acceptors (Lipinski definition) is 4. The van der Waals surface area contributed by atoms with Crippen molar-refractivity contribution in [2.75, 3.05) is 29.1 Å². The monoisotopic (exact) mass is 431 g/mol. The number of amides is 2. The number of carbonyl (C=O) groups is 2. The molecule has 6 heteroatoms. The van der Waals surface area contributed by atoms with Gasteiger partial charge in [0.15, 0.2) is 0 Å². The van der Waals surface area contributed by atoms with Crippen molar-refractivity contribution in [2.24, 2.45) is 5.92 Å². The molecule has 0 aromatic heterocycles. The van der Waals surface area contributed by atoms with Crippen LogP contribution >= 0.6 is 0 Å². The van der Waals surface area contributed by atoms with E-state index in [-0.39, 0.29) is 24.3 Å². The number of nitrogens with one attached hydrogen (secondary N) is 3. The topological polar surface area (TPSA) is 79.5 Å². The highest BCUT2D eigenvalue weighted by Gasteiger charge is 2.08. The second kappa shape index (κ2) is 11.6. The molecule has 0 fully saturated rings. The van der Waals surface area contributed by atoms with E-state index >= 15 is 0 Å². The van der Waals surface area contributed by atoms with E-state index in [9.17, 15) is 9.59 Å². The Bertz CT molecular complexity index is 1020. The molecule has 0 spiro atoms. The molecule has 0 unspecified atom stereocenters. The summed E-state index contributed by atoms with van der Waals surface area (Å²) in [6.07, 6.45) is 0.851. The first kappa shape index (κ1) is 22.9. The normalized spacial score (nSPS) is 10.5. The second-order valence-electron chi connectivity index (χ2n) is 7.73. The van der Waals surface area contributed by atoms with Crippen LogP contribution in [0.1, 0.15) is 19.4 Å². The number of ether oxygens (including phenoxy) is 1. The highest BCUT2D eigenvalue weighted by molar-refractivity contribution is 5.96. The predicted octanol–water partition coefficient (Wildman–Crippen LogP) is 4.95. The molecule has 3 aromatic carbocycles. The van der Waals surface area contributed by atoms with Crippen molar-refractivity contribution in [3.8, 4) is 5.75 Å². The van der Waals surface area contributed by atoms with Gasteiger partial charge in [-0.1, -0.05) is 50.2 Å². The van der Waals surface area contributed by atoms with Gasteiger partial charge in [-0.15, -0.1) is 0 Å². The zero-order valence-electron chi connectivity index (χ0n) is 18.4. The third-order valence-corrected chi connectivity index (χ3v) is 4.75. The van der Waals surface area contributed by atoms with Crippen LogP contribution in [0.5, 0.6) is 5.75 Å². The SMILES string of the molecule is CC(C)C(=O)Nc1cccc(NC(=O)CNc2ccc(OCCc3ccccc3)cc2)c1. The van der Waals surface area contributed by atoms with Crippen molar-refractivity contribution in [1.82, 2.24) is 0 Å². The van der Waals surface area contributed by atoms with Gasteiger partial charge in [-0.3, -0.25) is 9.59 Å². The van der Waals surface area contributed by atoms with Gasteiger partial charge in [-0.25, -0.2) is 0 Å². The van der Waals surface area contributed by atoms with Crippen LogP contribution in [0, 0.1) is 5.92 Å². The Morgan fingerprint density at radius 2 is 1.50 bits per heavy atom. The Balaban J connectivity index is 1.42. The van der Waals surface area contributed by atoms with Gasteiger partial charge in [-0.05, 0) is 48.0 Å². The van der Waals surface area contributed by atoms with Gasteiger partial charge in [0, 0.05) is 29.4 Å². The Labute approximate surface area is 189 Å². The molecule has 0 heterocycles. The van der Waals surface area contributed by atoms with Crippen LogP contribution in [-0.4, -0.2) is 25.0 Å². The maximum atomic E-state index is 12.3. The lowest BCUT2D eigenvalue weighted by Crippen LogP contribution is -2.22.